The number of amides is 2. The largest absolute Gasteiger partial charge is 0.465 e. The smallest absolute Gasteiger partial charge is 0.407 e. The molecule has 0 bridgehead atoms. The van der Waals surface area contributed by atoms with Crippen molar-refractivity contribution in [1.29, 1.82) is 0 Å². The number of rotatable bonds is 6. The van der Waals surface area contributed by atoms with Crippen molar-refractivity contribution in [2.45, 2.75) is 19.3 Å². The molecule has 1 saturated heterocycles. The zero-order valence-corrected chi connectivity index (χ0v) is 18.4. The van der Waals surface area contributed by atoms with Crippen molar-refractivity contribution in [3.63, 3.8) is 0 Å². The maximum absolute atomic E-state index is 13.1. The van der Waals surface area contributed by atoms with Gasteiger partial charge in [0.2, 0.25) is 11.7 Å². The fourth-order valence-electron chi connectivity index (χ4n) is 3.90. The topological polar surface area (TPSA) is 152 Å². The molecule has 4 heterocycles. The van der Waals surface area contributed by atoms with Crippen LogP contribution >= 0.6 is 0 Å². The Morgan fingerprint density at radius 3 is 2.85 bits per heavy atom. The quantitative estimate of drug-likeness (QED) is 0.396. The molecular formula is C23H23N7O4. The number of carbonyl (C=O) groups excluding carboxylic acids is 1. The second-order valence-electron chi connectivity index (χ2n) is 8.27. The number of fused-ring (bicyclic) bond motifs is 1. The first-order valence-electron chi connectivity index (χ1n) is 10.8. The molecule has 1 aliphatic rings. The summed E-state index contributed by atoms with van der Waals surface area (Å²) in [6, 6.07) is 9.31. The number of nitrogens with two attached hydrogens (primary N) is 1. The van der Waals surface area contributed by atoms with Gasteiger partial charge in [-0.1, -0.05) is 23.4 Å². The summed E-state index contributed by atoms with van der Waals surface area (Å²) >= 11 is 0. The Morgan fingerprint density at radius 2 is 2.09 bits per heavy atom. The molecule has 0 atom stereocenters. The highest BCUT2D eigenvalue weighted by Gasteiger charge is 2.35. The molecule has 0 spiro atoms. The third-order valence-corrected chi connectivity index (χ3v) is 5.92. The van der Waals surface area contributed by atoms with Gasteiger partial charge in [0.15, 0.2) is 0 Å². The van der Waals surface area contributed by atoms with Crippen LogP contribution in [-0.2, 0) is 6.42 Å². The monoisotopic (exact) mass is 461 g/mol. The van der Waals surface area contributed by atoms with Crippen molar-refractivity contribution in [1.82, 2.24) is 24.4 Å². The minimum absolute atomic E-state index is 0.110. The Kier molecular flexibility index (Phi) is 5.46. The lowest BCUT2D eigenvalue weighted by Crippen LogP contribution is -2.47. The number of nitrogens with one attached hydrogen (secondary N) is 1. The Bertz CT molecular complexity index is 1390. The van der Waals surface area contributed by atoms with Gasteiger partial charge in [0, 0.05) is 30.5 Å². The van der Waals surface area contributed by atoms with E-state index in [4.69, 9.17) is 15.4 Å². The molecule has 1 aromatic carbocycles. The zero-order chi connectivity index (χ0) is 23.8. The molecule has 34 heavy (non-hydrogen) atoms. The summed E-state index contributed by atoms with van der Waals surface area (Å²) in [7, 11) is 0. The highest BCUT2D eigenvalue weighted by molar-refractivity contribution is 6.04. The molecule has 4 N–H and O–H groups in total. The van der Waals surface area contributed by atoms with Gasteiger partial charge >= 0.3 is 6.09 Å². The summed E-state index contributed by atoms with van der Waals surface area (Å²) in [6.45, 7) is 3.07. The van der Waals surface area contributed by atoms with E-state index in [2.05, 4.69) is 20.4 Å². The average molecular weight is 461 g/mol. The van der Waals surface area contributed by atoms with Gasteiger partial charge < -0.3 is 25.6 Å². The van der Waals surface area contributed by atoms with E-state index in [0.29, 0.717) is 60.4 Å². The lowest BCUT2D eigenvalue weighted by atomic mass is 10.0. The summed E-state index contributed by atoms with van der Waals surface area (Å²) in [4.78, 5) is 34.1. The van der Waals surface area contributed by atoms with E-state index in [-0.39, 0.29) is 11.8 Å². The van der Waals surface area contributed by atoms with E-state index in [1.54, 1.807) is 16.7 Å². The number of benzene rings is 1. The minimum Gasteiger partial charge on any atom is -0.465 e. The Morgan fingerprint density at radius 1 is 1.26 bits per heavy atom. The minimum atomic E-state index is -0.962. The Balaban J connectivity index is 1.36. The van der Waals surface area contributed by atoms with Crippen molar-refractivity contribution < 1.29 is 19.2 Å². The third-order valence-electron chi connectivity index (χ3n) is 5.92. The van der Waals surface area contributed by atoms with Gasteiger partial charge in [-0.2, -0.15) is 4.98 Å². The normalized spacial score (nSPS) is 13.8. The van der Waals surface area contributed by atoms with Gasteiger partial charge in [-0.05, 0) is 43.1 Å². The molecule has 174 valence electrons. The van der Waals surface area contributed by atoms with Crippen LogP contribution in [-0.4, -0.2) is 61.2 Å². The number of aryl methyl sites for hydroxylation is 1. The molecule has 3 aromatic heterocycles. The molecule has 5 rings (SSSR count). The van der Waals surface area contributed by atoms with Crippen LogP contribution in [0.25, 0.3) is 17.0 Å². The number of likely N-dealkylation sites (tertiary alicyclic amines) is 1. The molecule has 0 unspecified atom stereocenters. The van der Waals surface area contributed by atoms with Crippen molar-refractivity contribution in [3.8, 4) is 11.4 Å². The van der Waals surface area contributed by atoms with Crippen LogP contribution in [0.15, 0.2) is 47.2 Å². The summed E-state index contributed by atoms with van der Waals surface area (Å²) in [6.07, 6.45) is 3.16. The van der Waals surface area contributed by atoms with Gasteiger partial charge in [-0.15, -0.1) is 0 Å². The molecule has 1 fully saturated rings. The second kappa shape index (κ2) is 8.60. The predicted octanol–water partition coefficient (Wildman–Crippen LogP) is 2.52. The van der Waals surface area contributed by atoms with Gasteiger partial charge in [0.25, 0.3) is 5.91 Å². The van der Waals surface area contributed by atoms with Crippen LogP contribution in [0.4, 0.5) is 10.5 Å². The predicted molar refractivity (Wildman–Crippen MR) is 123 cm³/mol. The third kappa shape index (κ3) is 3.97. The molecular weight excluding hydrogens is 438 g/mol. The Hall–Kier alpha value is -4.25. The summed E-state index contributed by atoms with van der Waals surface area (Å²) in [5, 5.41) is 16.0. The van der Waals surface area contributed by atoms with Crippen LogP contribution in [0.5, 0.6) is 0 Å². The maximum Gasteiger partial charge on any atom is 0.407 e. The SMILES string of the molecule is Cc1ccc(-c2noc(C3CN(C(=O)O)C3)n2)cc1NC(=O)c1cnc2ccc(CCN)cn12. The van der Waals surface area contributed by atoms with Crippen molar-refractivity contribution in [3.05, 3.63) is 65.4 Å². The summed E-state index contributed by atoms with van der Waals surface area (Å²) < 4.78 is 7.11. The van der Waals surface area contributed by atoms with Gasteiger partial charge in [-0.3, -0.25) is 9.20 Å². The molecule has 1 aliphatic heterocycles. The van der Waals surface area contributed by atoms with Crippen molar-refractivity contribution in [2.24, 2.45) is 5.73 Å². The average Bonchev–Trinajstić information content (AvgIpc) is 3.41. The van der Waals surface area contributed by atoms with Crippen LogP contribution in [0, 0.1) is 6.92 Å². The Labute approximate surface area is 194 Å². The van der Waals surface area contributed by atoms with Crippen LogP contribution in [0.2, 0.25) is 0 Å². The van der Waals surface area contributed by atoms with Crippen molar-refractivity contribution in [2.75, 3.05) is 25.0 Å². The molecule has 0 aliphatic carbocycles. The zero-order valence-electron chi connectivity index (χ0n) is 18.4. The van der Waals surface area contributed by atoms with E-state index in [0.717, 1.165) is 11.1 Å². The number of pyridine rings is 1. The van der Waals surface area contributed by atoms with Gasteiger partial charge in [0.05, 0.1) is 12.1 Å². The van der Waals surface area contributed by atoms with E-state index in [1.807, 2.05) is 37.4 Å². The number of hydrogen-bond acceptors (Lipinski definition) is 7. The number of carboxylic acid groups (broad SMARTS) is 1. The first kappa shape index (κ1) is 21.6. The van der Waals surface area contributed by atoms with Gasteiger partial charge in [0.1, 0.15) is 11.3 Å². The first-order valence-corrected chi connectivity index (χ1v) is 10.8. The number of aromatic nitrogens is 4. The van der Waals surface area contributed by atoms with E-state index < -0.39 is 6.09 Å². The maximum atomic E-state index is 13.1. The van der Waals surface area contributed by atoms with E-state index >= 15 is 0 Å². The molecule has 4 aromatic rings. The number of hydrogen-bond donors (Lipinski definition) is 3. The number of anilines is 1. The summed E-state index contributed by atoms with van der Waals surface area (Å²) in [5.41, 5.74) is 9.92. The number of nitrogens with zero attached hydrogens (tertiary/aromatic N) is 5. The van der Waals surface area contributed by atoms with E-state index in [1.165, 1.54) is 4.90 Å². The fourth-order valence-corrected chi connectivity index (χ4v) is 3.90. The molecule has 0 saturated carbocycles. The van der Waals surface area contributed by atoms with Gasteiger partial charge in [-0.25, -0.2) is 9.78 Å². The van der Waals surface area contributed by atoms with Crippen LogP contribution in [0.1, 0.15) is 33.4 Å². The molecule has 11 nitrogen and oxygen atoms in total. The number of imidazole rings is 1. The fraction of sp³-hybridized carbons (Fsp3) is 0.261. The number of carbonyl (C=O) groups is 2. The first-order chi connectivity index (χ1) is 16.4. The van der Waals surface area contributed by atoms with Crippen LogP contribution < -0.4 is 11.1 Å². The molecule has 2 amide bonds. The lowest BCUT2D eigenvalue weighted by Gasteiger charge is -2.34. The summed E-state index contributed by atoms with van der Waals surface area (Å²) in [5.74, 6) is 0.370. The van der Waals surface area contributed by atoms with Crippen molar-refractivity contribution >= 4 is 23.3 Å². The molecule has 11 heteroatoms. The standard InChI is InChI=1S/C23H23N7O4/c1-13-2-4-15(20-27-22(34-28-20)16-11-29(12-16)23(32)33)8-17(13)26-21(31)18-9-25-19-5-3-14(6-7-24)10-30(18)19/h2-5,8-10,16H,6-7,11-12,24H2,1H3,(H,26,31)(H,32,33). The lowest BCUT2D eigenvalue weighted by molar-refractivity contribution is 0.0958. The molecule has 0 radical (unpaired) electrons. The second-order valence-corrected chi connectivity index (χ2v) is 8.27. The highest BCUT2D eigenvalue weighted by Crippen LogP contribution is 2.29. The van der Waals surface area contributed by atoms with Crippen LogP contribution in [0.3, 0.4) is 0 Å². The van der Waals surface area contributed by atoms with E-state index in [9.17, 15) is 9.59 Å². The highest BCUT2D eigenvalue weighted by atomic mass is 16.5.